The number of amides is 1. The molecule has 4 heteroatoms. The molecule has 2 fully saturated rings. The Morgan fingerprint density at radius 1 is 1.38 bits per heavy atom. The molecule has 0 N–H and O–H groups in total. The van der Waals surface area contributed by atoms with E-state index < -0.39 is 0 Å². The van der Waals surface area contributed by atoms with Crippen LogP contribution in [0.3, 0.4) is 0 Å². The molecular weight excluding hydrogens is 226 g/mol. The maximum Gasteiger partial charge on any atom is 0.252 e. The highest BCUT2D eigenvalue weighted by Crippen LogP contribution is 2.28. The SMILES string of the molecule is CC1CCC(C(=O)N(CCCl)C2CCC2)O1. The Morgan fingerprint density at radius 3 is 2.56 bits per heavy atom. The Hall–Kier alpha value is -0.280. The summed E-state index contributed by atoms with van der Waals surface area (Å²) in [6, 6.07) is 0.422. The first kappa shape index (κ1) is 12.2. The van der Waals surface area contributed by atoms with Crippen molar-refractivity contribution in [1.82, 2.24) is 4.90 Å². The average molecular weight is 246 g/mol. The number of ether oxygens (including phenoxy) is 1. The van der Waals surface area contributed by atoms with E-state index in [0.29, 0.717) is 18.5 Å². The molecule has 0 aromatic carbocycles. The first-order chi connectivity index (χ1) is 7.72. The number of alkyl halides is 1. The maximum atomic E-state index is 12.3. The van der Waals surface area contributed by atoms with Gasteiger partial charge in [0.1, 0.15) is 6.10 Å². The summed E-state index contributed by atoms with van der Waals surface area (Å²) in [5.74, 6) is 0.680. The van der Waals surface area contributed by atoms with Crippen LogP contribution >= 0.6 is 11.6 Å². The van der Waals surface area contributed by atoms with Crippen molar-refractivity contribution >= 4 is 17.5 Å². The Bertz CT molecular complexity index is 255. The van der Waals surface area contributed by atoms with E-state index in [4.69, 9.17) is 16.3 Å². The molecule has 0 aromatic heterocycles. The van der Waals surface area contributed by atoms with Crippen molar-refractivity contribution in [2.75, 3.05) is 12.4 Å². The molecular formula is C12H20ClNO2. The van der Waals surface area contributed by atoms with Crippen LogP contribution in [0.1, 0.15) is 39.0 Å². The van der Waals surface area contributed by atoms with Gasteiger partial charge >= 0.3 is 0 Å². The lowest BCUT2D eigenvalue weighted by Crippen LogP contribution is -2.49. The predicted molar refractivity (Wildman–Crippen MR) is 63.6 cm³/mol. The average Bonchev–Trinajstić information content (AvgIpc) is 2.60. The zero-order valence-electron chi connectivity index (χ0n) is 9.82. The number of halogens is 1. The summed E-state index contributed by atoms with van der Waals surface area (Å²) in [4.78, 5) is 14.2. The summed E-state index contributed by atoms with van der Waals surface area (Å²) in [5, 5.41) is 0. The zero-order chi connectivity index (χ0) is 11.5. The Kier molecular flexibility index (Phi) is 4.09. The van der Waals surface area contributed by atoms with Gasteiger partial charge in [0.15, 0.2) is 0 Å². The van der Waals surface area contributed by atoms with Crippen LogP contribution in [0.5, 0.6) is 0 Å². The highest BCUT2D eigenvalue weighted by atomic mass is 35.5. The van der Waals surface area contributed by atoms with Crippen molar-refractivity contribution in [3.05, 3.63) is 0 Å². The van der Waals surface area contributed by atoms with Gasteiger partial charge in [-0.1, -0.05) is 0 Å². The molecule has 1 saturated carbocycles. The minimum atomic E-state index is -0.209. The fraction of sp³-hybridized carbons (Fsp3) is 0.917. The summed E-state index contributed by atoms with van der Waals surface area (Å²) >= 11 is 5.77. The van der Waals surface area contributed by atoms with E-state index in [1.165, 1.54) is 6.42 Å². The van der Waals surface area contributed by atoms with Crippen molar-refractivity contribution < 1.29 is 9.53 Å². The minimum Gasteiger partial charge on any atom is -0.365 e. The number of hydrogen-bond donors (Lipinski definition) is 0. The molecule has 2 rings (SSSR count). The van der Waals surface area contributed by atoms with E-state index in [-0.39, 0.29) is 18.1 Å². The summed E-state index contributed by atoms with van der Waals surface area (Å²) in [7, 11) is 0. The van der Waals surface area contributed by atoms with Crippen molar-refractivity contribution in [3.8, 4) is 0 Å². The molecule has 1 aliphatic heterocycles. The molecule has 16 heavy (non-hydrogen) atoms. The molecule has 0 radical (unpaired) electrons. The summed E-state index contributed by atoms with van der Waals surface area (Å²) in [5.41, 5.74) is 0. The van der Waals surface area contributed by atoms with Gasteiger partial charge in [0.25, 0.3) is 5.91 Å². The second-order valence-electron chi connectivity index (χ2n) is 4.82. The Morgan fingerprint density at radius 2 is 2.12 bits per heavy atom. The van der Waals surface area contributed by atoms with Crippen molar-refractivity contribution in [3.63, 3.8) is 0 Å². The van der Waals surface area contributed by atoms with E-state index in [9.17, 15) is 4.79 Å². The molecule has 1 heterocycles. The van der Waals surface area contributed by atoms with Crippen molar-refractivity contribution in [2.45, 2.75) is 57.3 Å². The molecule has 0 aromatic rings. The van der Waals surface area contributed by atoms with Gasteiger partial charge in [0.2, 0.25) is 0 Å². The van der Waals surface area contributed by atoms with Crippen LogP contribution in [0.15, 0.2) is 0 Å². The topological polar surface area (TPSA) is 29.5 Å². The van der Waals surface area contributed by atoms with E-state index in [1.807, 2.05) is 11.8 Å². The predicted octanol–water partition coefficient (Wildman–Crippen LogP) is 2.17. The summed E-state index contributed by atoms with van der Waals surface area (Å²) in [6.45, 7) is 2.70. The summed E-state index contributed by atoms with van der Waals surface area (Å²) < 4.78 is 5.63. The molecule has 1 aliphatic carbocycles. The van der Waals surface area contributed by atoms with Crippen LogP contribution in [-0.4, -0.2) is 41.5 Å². The number of nitrogens with zero attached hydrogens (tertiary/aromatic N) is 1. The van der Waals surface area contributed by atoms with Crippen molar-refractivity contribution in [1.29, 1.82) is 0 Å². The number of carbonyl (C=O) groups is 1. The smallest absolute Gasteiger partial charge is 0.252 e. The van der Waals surface area contributed by atoms with E-state index >= 15 is 0 Å². The molecule has 1 amide bonds. The van der Waals surface area contributed by atoms with Crippen LogP contribution < -0.4 is 0 Å². The lowest BCUT2D eigenvalue weighted by atomic mass is 9.91. The van der Waals surface area contributed by atoms with Crippen LogP contribution in [0.2, 0.25) is 0 Å². The third-order valence-corrected chi connectivity index (χ3v) is 3.80. The zero-order valence-corrected chi connectivity index (χ0v) is 10.6. The van der Waals surface area contributed by atoms with Gasteiger partial charge < -0.3 is 9.64 Å². The normalized spacial score (nSPS) is 30.1. The third-order valence-electron chi connectivity index (χ3n) is 3.63. The highest BCUT2D eigenvalue weighted by molar-refractivity contribution is 6.18. The fourth-order valence-corrected chi connectivity index (χ4v) is 2.61. The van der Waals surface area contributed by atoms with Gasteiger partial charge in [0, 0.05) is 18.5 Å². The molecule has 3 nitrogen and oxygen atoms in total. The second kappa shape index (κ2) is 5.37. The third kappa shape index (κ3) is 2.51. The number of hydrogen-bond acceptors (Lipinski definition) is 2. The number of carbonyl (C=O) groups excluding carboxylic acids is 1. The van der Waals surface area contributed by atoms with Gasteiger partial charge in [-0.05, 0) is 39.0 Å². The van der Waals surface area contributed by atoms with E-state index in [1.54, 1.807) is 0 Å². The lowest BCUT2D eigenvalue weighted by Gasteiger charge is -2.38. The number of rotatable bonds is 4. The van der Waals surface area contributed by atoms with Crippen molar-refractivity contribution in [2.24, 2.45) is 0 Å². The minimum absolute atomic E-state index is 0.162. The molecule has 0 bridgehead atoms. The van der Waals surface area contributed by atoms with Gasteiger partial charge in [-0.25, -0.2) is 0 Å². The van der Waals surface area contributed by atoms with Gasteiger partial charge in [0.05, 0.1) is 6.10 Å². The highest BCUT2D eigenvalue weighted by Gasteiger charge is 2.36. The molecule has 2 aliphatic rings. The fourth-order valence-electron chi connectivity index (χ4n) is 2.43. The van der Waals surface area contributed by atoms with E-state index in [2.05, 4.69) is 0 Å². The molecule has 92 valence electrons. The van der Waals surface area contributed by atoms with Gasteiger partial charge in [-0.2, -0.15) is 0 Å². The molecule has 2 unspecified atom stereocenters. The Balaban J connectivity index is 1.93. The lowest BCUT2D eigenvalue weighted by molar-refractivity contribution is -0.146. The van der Waals surface area contributed by atoms with Crippen LogP contribution in [-0.2, 0) is 9.53 Å². The molecule has 2 atom stereocenters. The van der Waals surface area contributed by atoms with Crippen LogP contribution in [0.25, 0.3) is 0 Å². The standard InChI is InChI=1S/C12H20ClNO2/c1-9-5-6-11(16-9)12(15)14(8-7-13)10-3-2-4-10/h9-11H,2-8H2,1H3. The maximum absolute atomic E-state index is 12.3. The first-order valence-electron chi connectivity index (χ1n) is 6.24. The van der Waals surface area contributed by atoms with Gasteiger partial charge in [-0.15, -0.1) is 11.6 Å². The largest absolute Gasteiger partial charge is 0.365 e. The monoisotopic (exact) mass is 245 g/mol. The quantitative estimate of drug-likeness (QED) is 0.711. The van der Waals surface area contributed by atoms with E-state index in [0.717, 1.165) is 25.7 Å². The van der Waals surface area contributed by atoms with Gasteiger partial charge in [-0.3, -0.25) is 4.79 Å². The molecule has 0 spiro atoms. The van der Waals surface area contributed by atoms with Crippen LogP contribution in [0, 0.1) is 0 Å². The second-order valence-corrected chi connectivity index (χ2v) is 5.20. The Labute approximate surface area is 102 Å². The molecule has 1 saturated heterocycles. The first-order valence-corrected chi connectivity index (χ1v) is 6.77. The summed E-state index contributed by atoms with van der Waals surface area (Å²) in [6.07, 6.45) is 5.38. The van der Waals surface area contributed by atoms with Crippen LogP contribution in [0.4, 0.5) is 0 Å².